The highest BCUT2D eigenvalue weighted by molar-refractivity contribution is 6.29. The average molecular weight is 431 g/mol. The maximum atomic E-state index is 13.1. The van der Waals surface area contributed by atoms with Gasteiger partial charge in [0.05, 0.1) is 19.2 Å². The van der Waals surface area contributed by atoms with Crippen LogP contribution in [0.2, 0.25) is 0 Å². The van der Waals surface area contributed by atoms with E-state index in [-0.39, 0.29) is 37.1 Å². The van der Waals surface area contributed by atoms with Gasteiger partial charge in [-0.3, -0.25) is 15.0 Å². The molecular weight excluding hydrogens is 408 g/mol. The van der Waals surface area contributed by atoms with E-state index in [1.807, 2.05) is 0 Å². The Morgan fingerprint density at radius 2 is 1.80 bits per heavy atom. The number of nitrogens with one attached hydrogen (secondary N) is 1. The first kappa shape index (κ1) is 22.9. The third kappa shape index (κ3) is 4.61. The Bertz CT molecular complexity index is 987. The summed E-state index contributed by atoms with van der Waals surface area (Å²) >= 11 is 0. The second-order valence-electron chi connectivity index (χ2n) is 6.70. The number of hydrogen-bond acceptors (Lipinski definition) is 5. The first-order chi connectivity index (χ1) is 13.8. The zero-order valence-corrected chi connectivity index (χ0v) is 17.1. The van der Waals surface area contributed by atoms with Crippen LogP contribution in [0.25, 0.3) is 5.57 Å². The van der Waals surface area contributed by atoms with Crippen LogP contribution in [-0.2, 0) is 20.7 Å². The van der Waals surface area contributed by atoms with Crippen molar-refractivity contribution in [2.45, 2.75) is 12.5 Å². The fourth-order valence-electron chi connectivity index (χ4n) is 3.18. The van der Waals surface area contributed by atoms with E-state index < -0.39 is 12.0 Å². The third-order valence-electron chi connectivity index (χ3n) is 4.79. The minimum Gasteiger partial charge on any atom is -0.498 e. The topological polar surface area (TPSA) is 143 Å². The van der Waals surface area contributed by atoms with Crippen LogP contribution in [0.4, 0.5) is 5.69 Å². The lowest BCUT2D eigenvalue weighted by Gasteiger charge is -2.17. The maximum Gasteiger partial charge on any atom is 0.320 e. The predicted octanol–water partition coefficient (Wildman–Crippen LogP) is 1.75. The van der Waals surface area contributed by atoms with E-state index >= 15 is 0 Å². The van der Waals surface area contributed by atoms with Crippen LogP contribution in [0.15, 0.2) is 54.3 Å². The highest BCUT2D eigenvalue weighted by atomic mass is 35.5. The van der Waals surface area contributed by atoms with Crippen LogP contribution in [0.3, 0.4) is 0 Å². The van der Waals surface area contributed by atoms with Gasteiger partial charge in [0.15, 0.2) is 0 Å². The minimum absolute atomic E-state index is 0. The molecule has 0 saturated heterocycles. The lowest BCUT2D eigenvalue weighted by atomic mass is 10.0. The van der Waals surface area contributed by atoms with Gasteiger partial charge in [0, 0.05) is 11.3 Å². The van der Waals surface area contributed by atoms with Crippen molar-refractivity contribution in [1.82, 2.24) is 0 Å². The van der Waals surface area contributed by atoms with Gasteiger partial charge >= 0.3 is 5.97 Å². The number of nitrogens with two attached hydrogens (primary N) is 2. The molecule has 1 heterocycles. The fourth-order valence-corrected chi connectivity index (χ4v) is 3.18. The molecule has 3 rings (SSSR count). The van der Waals surface area contributed by atoms with Crippen LogP contribution in [-0.4, -0.2) is 42.5 Å². The molecule has 158 valence electrons. The second kappa shape index (κ2) is 9.43. The van der Waals surface area contributed by atoms with Crippen LogP contribution < -0.4 is 16.4 Å². The molecule has 6 N–H and O–H groups in total. The normalized spacial score (nSPS) is 14.3. The number of nitrogen functional groups attached to an aromatic ring is 1. The number of anilines is 1. The molecule has 0 saturated carbocycles. The van der Waals surface area contributed by atoms with E-state index in [4.69, 9.17) is 26.7 Å². The lowest BCUT2D eigenvalue weighted by Crippen LogP contribution is -2.32. The van der Waals surface area contributed by atoms with E-state index in [2.05, 4.69) is 0 Å². The molecule has 1 amide bonds. The van der Waals surface area contributed by atoms with Crippen molar-refractivity contribution >= 4 is 41.4 Å². The summed E-state index contributed by atoms with van der Waals surface area (Å²) in [7, 11) is 1.52. The number of aliphatic carboxylic acids is 1. The van der Waals surface area contributed by atoms with E-state index in [9.17, 15) is 9.59 Å². The highest BCUT2D eigenvalue weighted by Crippen LogP contribution is 2.32. The molecule has 30 heavy (non-hydrogen) atoms. The van der Waals surface area contributed by atoms with Crippen molar-refractivity contribution < 1.29 is 19.4 Å². The molecule has 1 aliphatic heterocycles. The summed E-state index contributed by atoms with van der Waals surface area (Å²) < 4.78 is 5.45. The van der Waals surface area contributed by atoms with Gasteiger partial charge in [-0.05, 0) is 29.7 Å². The second-order valence-corrected chi connectivity index (χ2v) is 6.70. The van der Waals surface area contributed by atoms with Crippen LogP contribution in [0.1, 0.15) is 16.7 Å². The molecule has 1 unspecified atom stereocenters. The third-order valence-corrected chi connectivity index (χ3v) is 4.79. The summed E-state index contributed by atoms with van der Waals surface area (Å²) in [6.07, 6.45) is 0.207. The molecule has 8 nitrogen and oxygen atoms in total. The first-order valence-corrected chi connectivity index (χ1v) is 8.93. The van der Waals surface area contributed by atoms with Gasteiger partial charge in [-0.25, -0.2) is 0 Å². The molecular formula is C21H23ClN4O4. The smallest absolute Gasteiger partial charge is 0.320 e. The molecule has 0 bridgehead atoms. The minimum atomic E-state index is -1.06. The van der Waals surface area contributed by atoms with Crippen molar-refractivity contribution in [3.8, 4) is 0 Å². The van der Waals surface area contributed by atoms with Crippen LogP contribution in [0, 0.1) is 5.41 Å². The lowest BCUT2D eigenvalue weighted by molar-refractivity contribution is -0.138. The van der Waals surface area contributed by atoms with Gasteiger partial charge in [0.2, 0.25) is 0 Å². The molecule has 0 spiro atoms. The number of carbonyl (C=O) groups is 2. The number of methoxy groups -OCH3 is 1. The van der Waals surface area contributed by atoms with Crippen LogP contribution in [0.5, 0.6) is 0 Å². The van der Waals surface area contributed by atoms with Gasteiger partial charge in [0.25, 0.3) is 5.91 Å². The maximum absolute atomic E-state index is 13.1. The molecule has 2 aromatic rings. The Morgan fingerprint density at radius 1 is 1.20 bits per heavy atom. The number of carboxylic acid groups (broad SMARTS) is 1. The van der Waals surface area contributed by atoms with E-state index in [1.54, 1.807) is 53.4 Å². The van der Waals surface area contributed by atoms with Gasteiger partial charge in [-0.2, -0.15) is 0 Å². The summed E-state index contributed by atoms with van der Waals surface area (Å²) in [5.74, 6) is -0.757. The van der Waals surface area contributed by atoms with Crippen molar-refractivity contribution in [3.05, 3.63) is 71.0 Å². The Balaban J connectivity index is 0.00000320. The average Bonchev–Trinajstić information content (AvgIpc) is 3.04. The predicted molar refractivity (Wildman–Crippen MR) is 117 cm³/mol. The van der Waals surface area contributed by atoms with Crippen molar-refractivity contribution in [2.24, 2.45) is 11.5 Å². The summed E-state index contributed by atoms with van der Waals surface area (Å²) in [5, 5.41) is 16.4. The summed E-state index contributed by atoms with van der Waals surface area (Å²) in [6, 6.07) is 12.9. The number of amides is 1. The van der Waals surface area contributed by atoms with Gasteiger partial charge in [0.1, 0.15) is 17.6 Å². The molecule has 1 atom stereocenters. The number of rotatable bonds is 7. The quantitative estimate of drug-likeness (QED) is 0.389. The van der Waals surface area contributed by atoms with Gasteiger partial charge in [-0.1, -0.05) is 36.4 Å². The number of hydrogen-bond donors (Lipinski definition) is 4. The Hall–Kier alpha value is -3.36. The highest BCUT2D eigenvalue weighted by Gasteiger charge is 2.33. The Kier molecular flexibility index (Phi) is 7.20. The summed E-state index contributed by atoms with van der Waals surface area (Å²) in [6.45, 7) is 0.285. The van der Waals surface area contributed by atoms with Gasteiger partial charge < -0.3 is 26.2 Å². The van der Waals surface area contributed by atoms with E-state index in [0.29, 0.717) is 28.1 Å². The number of ether oxygens (including phenoxy) is 1. The van der Waals surface area contributed by atoms with Crippen molar-refractivity contribution in [2.75, 3.05) is 18.6 Å². The monoisotopic (exact) mass is 430 g/mol. The summed E-state index contributed by atoms with van der Waals surface area (Å²) in [4.78, 5) is 25.6. The number of benzene rings is 2. The Morgan fingerprint density at radius 3 is 2.30 bits per heavy atom. The molecule has 1 aliphatic rings. The van der Waals surface area contributed by atoms with Crippen LogP contribution >= 0.6 is 12.4 Å². The number of nitrogens with zero attached hydrogens (tertiary/aromatic N) is 1. The summed E-state index contributed by atoms with van der Waals surface area (Å²) in [5.41, 5.74) is 14.2. The van der Waals surface area contributed by atoms with Crippen molar-refractivity contribution in [1.29, 1.82) is 5.41 Å². The van der Waals surface area contributed by atoms with Crippen molar-refractivity contribution in [3.63, 3.8) is 0 Å². The Labute approximate surface area is 180 Å². The standard InChI is InChI=1S/C21H22N4O4.ClH/c1-29-17-11-25(15-8-2-12(3-9-15)10-16(22)21(27)28)20(26)18(17)13-4-6-14(7-5-13)19(23)24;/h2-9,16H,10-11,22H2,1H3,(H3,23,24)(H,27,28);1H. The zero-order chi connectivity index (χ0) is 21.1. The molecule has 9 heteroatoms. The molecule has 0 aromatic heterocycles. The number of amidine groups is 1. The first-order valence-electron chi connectivity index (χ1n) is 8.93. The largest absolute Gasteiger partial charge is 0.498 e. The van der Waals surface area contributed by atoms with Gasteiger partial charge in [-0.15, -0.1) is 12.4 Å². The fraction of sp³-hybridized carbons (Fsp3) is 0.190. The zero-order valence-electron chi connectivity index (χ0n) is 16.3. The SMILES string of the molecule is COC1=C(c2ccc(C(=N)N)cc2)C(=O)N(c2ccc(CC(N)C(=O)O)cc2)C1.Cl. The molecule has 0 radical (unpaired) electrons. The number of carbonyl (C=O) groups excluding carboxylic acids is 1. The van der Waals surface area contributed by atoms with E-state index in [0.717, 1.165) is 5.56 Å². The van der Waals surface area contributed by atoms with E-state index in [1.165, 1.54) is 7.11 Å². The molecule has 0 aliphatic carbocycles. The number of halogens is 1. The number of carboxylic acids is 1. The molecule has 2 aromatic carbocycles. The molecule has 0 fully saturated rings.